The fraction of sp³-hybridized carbons (Fsp3) is 0.391. The van der Waals surface area contributed by atoms with E-state index in [0.29, 0.717) is 17.4 Å². The quantitative estimate of drug-likeness (QED) is 0.310. The van der Waals surface area contributed by atoms with Crippen LogP contribution in [0.1, 0.15) is 26.3 Å². The number of nitro benzene ring substituents is 1. The van der Waals surface area contributed by atoms with Gasteiger partial charge in [0.05, 0.1) is 11.6 Å². The smallest absolute Gasteiger partial charge is 0.288 e. The standard InChI is InChI=1S/C23H27N5O3S/c1-23(2,3)18-6-4-17(5-7-18)21-24-27(22(32)31-21)16-25-12-14-26(15-13-25)19-8-10-20(11-9-19)28(29)30/h4-11H,12-16H2,1-3H3. The van der Waals surface area contributed by atoms with Gasteiger partial charge in [0.15, 0.2) is 0 Å². The first kappa shape index (κ1) is 22.2. The maximum Gasteiger partial charge on any atom is 0.288 e. The highest BCUT2D eigenvalue weighted by molar-refractivity contribution is 7.71. The summed E-state index contributed by atoms with van der Waals surface area (Å²) in [5, 5.41) is 15.4. The Bertz CT molecular complexity index is 1140. The number of anilines is 1. The van der Waals surface area contributed by atoms with Crippen LogP contribution >= 0.6 is 12.2 Å². The zero-order valence-corrected chi connectivity index (χ0v) is 19.3. The van der Waals surface area contributed by atoms with Crippen LogP contribution in [-0.2, 0) is 12.1 Å². The zero-order valence-electron chi connectivity index (χ0n) is 18.5. The third-order valence-electron chi connectivity index (χ3n) is 5.74. The van der Waals surface area contributed by atoms with E-state index in [9.17, 15) is 10.1 Å². The van der Waals surface area contributed by atoms with E-state index in [1.807, 2.05) is 12.1 Å². The van der Waals surface area contributed by atoms with E-state index in [1.165, 1.54) is 5.56 Å². The van der Waals surface area contributed by atoms with Gasteiger partial charge in [-0.2, -0.15) is 0 Å². The Kier molecular flexibility index (Phi) is 6.12. The van der Waals surface area contributed by atoms with E-state index in [1.54, 1.807) is 28.9 Å². The molecular formula is C23H27N5O3S. The first-order valence-electron chi connectivity index (χ1n) is 10.6. The van der Waals surface area contributed by atoms with Crippen molar-refractivity contribution in [3.63, 3.8) is 0 Å². The van der Waals surface area contributed by atoms with Gasteiger partial charge in [-0.15, -0.1) is 5.10 Å². The molecule has 1 aliphatic heterocycles. The van der Waals surface area contributed by atoms with Crippen LogP contribution in [0, 0.1) is 15.0 Å². The van der Waals surface area contributed by atoms with Gasteiger partial charge in [-0.05, 0) is 47.5 Å². The lowest BCUT2D eigenvalue weighted by atomic mass is 9.87. The molecule has 0 bridgehead atoms. The van der Waals surface area contributed by atoms with E-state index in [-0.39, 0.29) is 16.0 Å². The van der Waals surface area contributed by atoms with Gasteiger partial charge in [0.1, 0.15) is 0 Å². The summed E-state index contributed by atoms with van der Waals surface area (Å²) in [6.45, 7) is 10.4. The first-order valence-corrected chi connectivity index (χ1v) is 11.0. The van der Waals surface area contributed by atoms with E-state index >= 15 is 0 Å². The van der Waals surface area contributed by atoms with Crippen molar-refractivity contribution in [3.05, 3.63) is 69.0 Å². The number of aromatic nitrogens is 2. The van der Waals surface area contributed by atoms with Crippen molar-refractivity contribution >= 4 is 23.6 Å². The molecule has 1 saturated heterocycles. The molecule has 1 aromatic heterocycles. The molecule has 8 nitrogen and oxygen atoms in total. The normalized spacial score (nSPS) is 15.2. The molecule has 2 heterocycles. The third kappa shape index (κ3) is 4.89. The van der Waals surface area contributed by atoms with Crippen LogP contribution in [-0.4, -0.2) is 45.8 Å². The molecule has 0 saturated carbocycles. The summed E-state index contributed by atoms with van der Waals surface area (Å²) in [6, 6.07) is 15.0. The molecule has 0 N–H and O–H groups in total. The van der Waals surface area contributed by atoms with Crippen LogP contribution in [0.2, 0.25) is 0 Å². The number of piperazine rings is 1. The minimum absolute atomic E-state index is 0.0921. The highest BCUT2D eigenvalue weighted by atomic mass is 32.1. The molecule has 168 valence electrons. The number of nitro groups is 1. The summed E-state index contributed by atoms with van der Waals surface area (Å²) in [7, 11) is 0. The number of hydrogen-bond donors (Lipinski definition) is 0. The van der Waals surface area contributed by atoms with Gasteiger partial charge in [-0.3, -0.25) is 15.0 Å². The Hall–Kier alpha value is -3.04. The van der Waals surface area contributed by atoms with E-state index < -0.39 is 0 Å². The van der Waals surface area contributed by atoms with Gasteiger partial charge in [-0.1, -0.05) is 32.9 Å². The summed E-state index contributed by atoms with van der Waals surface area (Å²) in [4.78, 5) is 15.3. The van der Waals surface area contributed by atoms with Crippen LogP contribution in [0.3, 0.4) is 0 Å². The SMILES string of the molecule is CC(C)(C)c1ccc(-c2nn(CN3CCN(c4ccc([N+](=O)[O-])cc4)CC3)c(=S)o2)cc1. The molecule has 0 atom stereocenters. The van der Waals surface area contributed by atoms with Crippen molar-refractivity contribution in [1.82, 2.24) is 14.7 Å². The minimum atomic E-state index is -0.379. The summed E-state index contributed by atoms with van der Waals surface area (Å²) >= 11 is 5.40. The Balaban J connectivity index is 1.38. The summed E-state index contributed by atoms with van der Waals surface area (Å²) in [5.74, 6) is 0.528. The second-order valence-electron chi connectivity index (χ2n) is 9.02. The summed E-state index contributed by atoms with van der Waals surface area (Å²) < 4.78 is 7.49. The zero-order chi connectivity index (χ0) is 22.9. The number of rotatable bonds is 5. The Morgan fingerprint density at radius 1 is 1.03 bits per heavy atom. The highest BCUT2D eigenvalue weighted by Crippen LogP contribution is 2.26. The van der Waals surface area contributed by atoms with E-state index in [4.69, 9.17) is 16.6 Å². The van der Waals surface area contributed by atoms with E-state index in [2.05, 4.69) is 47.8 Å². The van der Waals surface area contributed by atoms with Crippen molar-refractivity contribution in [2.75, 3.05) is 31.1 Å². The van der Waals surface area contributed by atoms with Crippen LogP contribution in [0.5, 0.6) is 0 Å². The molecule has 0 aliphatic carbocycles. The lowest BCUT2D eigenvalue weighted by Gasteiger charge is -2.35. The summed E-state index contributed by atoms with van der Waals surface area (Å²) in [6.07, 6.45) is 0. The van der Waals surface area contributed by atoms with Crippen molar-refractivity contribution in [1.29, 1.82) is 0 Å². The molecule has 3 aromatic rings. The van der Waals surface area contributed by atoms with Crippen LogP contribution < -0.4 is 4.90 Å². The molecule has 9 heteroatoms. The topological polar surface area (TPSA) is 80.6 Å². The van der Waals surface area contributed by atoms with Crippen LogP contribution in [0.25, 0.3) is 11.5 Å². The Morgan fingerprint density at radius 3 is 2.22 bits per heavy atom. The average molecular weight is 454 g/mol. The van der Waals surface area contributed by atoms with Gasteiger partial charge in [0, 0.05) is 49.6 Å². The minimum Gasteiger partial charge on any atom is -0.409 e. The van der Waals surface area contributed by atoms with Gasteiger partial charge >= 0.3 is 0 Å². The molecular weight excluding hydrogens is 426 g/mol. The van der Waals surface area contributed by atoms with Gasteiger partial charge in [-0.25, -0.2) is 4.68 Å². The number of non-ortho nitro benzene ring substituents is 1. The van der Waals surface area contributed by atoms with Crippen molar-refractivity contribution in [3.8, 4) is 11.5 Å². The number of hydrogen-bond acceptors (Lipinski definition) is 7. The van der Waals surface area contributed by atoms with Crippen molar-refractivity contribution < 1.29 is 9.34 Å². The molecule has 0 radical (unpaired) electrons. The van der Waals surface area contributed by atoms with Crippen LogP contribution in [0.15, 0.2) is 52.9 Å². The van der Waals surface area contributed by atoms with Crippen molar-refractivity contribution in [2.24, 2.45) is 0 Å². The van der Waals surface area contributed by atoms with Crippen LogP contribution in [0.4, 0.5) is 11.4 Å². The number of nitrogens with zero attached hydrogens (tertiary/aromatic N) is 5. The largest absolute Gasteiger partial charge is 0.409 e. The molecule has 1 aliphatic rings. The average Bonchev–Trinajstić information content (AvgIpc) is 3.14. The molecule has 0 unspecified atom stereocenters. The van der Waals surface area contributed by atoms with Gasteiger partial charge in [0.2, 0.25) is 5.89 Å². The summed E-state index contributed by atoms with van der Waals surface area (Å²) in [5.41, 5.74) is 3.36. The predicted molar refractivity (Wildman–Crippen MR) is 126 cm³/mol. The highest BCUT2D eigenvalue weighted by Gasteiger charge is 2.20. The van der Waals surface area contributed by atoms with Crippen molar-refractivity contribution in [2.45, 2.75) is 32.9 Å². The second kappa shape index (κ2) is 8.84. The molecule has 4 rings (SSSR count). The molecule has 2 aromatic carbocycles. The fourth-order valence-electron chi connectivity index (χ4n) is 3.75. The molecule has 1 fully saturated rings. The Morgan fingerprint density at radius 2 is 1.66 bits per heavy atom. The Labute approximate surface area is 192 Å². The van der Waals surface area contributed by atoms with E-state index in [0.717, 1.165) is 37.4 Å². The first-order chi connectivity index (χ1) is 15.2. The molecule has 32 heavy (non-hydrogen) atoms. The molecule has 0 amide bonds. The monoisotopic (exact) mass is 453 g/mol. The molecule has 0 spiro atoms. The third-order valence-corrected chi connectivity index (χ3v) is 6.03. The second-order valence-corrected chi connectivity index (χ2v) is 9.37. The predicted octanol–water partition coefficient (Wildman–Crippen LogP) is 4.86. The lowest BCUT2D eigenvalue weighted by Crippen LogP contribution is -2.46. The fourth-order valence-corrected chi connectivity index (χ4v) is 3.92. The maximum atomic E-state index is 10.8. The maximum absolute atomic E-state index is 10.8. The lowest BCUT2D eigenvalue weighted by molar-refractivity contribution is -0.384. The van der Waals surface area contributed by atoms with Gasteiger partial charge < -0.3 is 9.32 Å². The number of benzene rings is 2. The van der Waals surface area contributed by atoms with Gasteiger partial charge in [0.25, 0.3) is 10.5 Å².